The van der Waals surface area contributed by atoms with Gasteiger partial charge < -0.3 is 10.1 Å². The largest absolute Gasteiger partial charge is 0.573 e. The summed E-state index contributed by atoms with van der Waals surface area (Å²) in [6, 6.07) is 19.6. The molecule has 1 spiro atoms. The van der Waals surface area contributed by atoms with Crippen molar-refractivity contribution in [1.29, 1.82) is 0 Å². The lowest BCUT2D eigenvalue weighted by Crippen LogP contribution is -2.50. The van der Waals surface area contributed by atoms with Gasteiger partial charge >= 0.3 is 6.36 Å². The smallest absolute Gasteiger partial charge is 0.406 e. The summed E-state index contributed by atoms with van der Waals surface area (Å²) < 4.78 is 99.0. The zero-order valence-corrected chi connectivity index (χ0v) is 29.4. The number of carbonyl (C=O) groups excluding carboxylic acids is 1. The van der Waals surface area contributed by atoms with Gasteiger partial charge in [-0.1, -0.05) is 48.5 Å². The number of amidine groups is 1. The number of sulfonamides is 2. The Morgan fingerprint density at radius 2 is 1.67 bits per heavy atom. The molecule has 3 heterocycles. The number of hydrogen-bond donors (Lipinski definition) is 2. The first-order chi connectivity index (χ1) is 24.1. The van der Waals surface area contributed by atoms with Gasteiger partial charge in [-0.2, -0.15) is 4.31 Å². The molecule has 0 aliphatic carbocycles. The zero-order chi connectivity index (χ0) is 36.4. The van der Waals surface area contributed by atoms with Gasteiger partial charge in [0.25, 0.3) is 5.91 Å². The maximum atomic E-state index is 13.3. The van der Waals surface area contributed by atoms with Gasteiger partial charge in [0.15, 0.2) is 0 Å². The number of nitrogens with zero attached hydrogens (tertiary/aromatic N) is 3. The number of aliphatic imine (C=N–C) groups is 1. The van der Waals surface area contributed by atoms with Gasteiger partial charge in [0.2, 0.25) is 20.0 Å². The summed E-state index contributed by atoms with van der Waals surface area (Å²) in [4.78, 5) is 19.9. The monoisotopic (exact) mass is 745 g/mol. The van der Waals surface area contributed by atoms with E-state index in [0.717, 1.165) is 37.2 Å². The highest BCUT2D eigenvalue weighted by molar-refractivity contribution is 7.92. The van der Waals surface area contributed by atoms with Crippen LogP contribution in [0.5, 0.6) is 5.75 Å². The summed E-state index contributed by atoms with van der Waals surface area (Å²) in [7, 11) is -7.71. The molecule has 2 fully saturated rings. The van der Waals surface area contributed by atoms with Gasteiger partial charge in [0.05, 0.1) is 4.90 Å². The number of halogens is 3. The molecular formula is C35H38F3N5O6S2. The van der Waals surface area contributed by atoms with Crippen LogP contribution >= 0.6 is 0 Å². The second-order valence-electron chi connectivity index (χ2n) is 12.9. The molecule has 3 aliphatic heterocycles. The van der Waals surface area contributed by atoms with Crippen molar-refractivity contribution >= 4 is 37.9 Å². The quantitative estimate of drug-likeness (QED) is 0.311. The van der Waals surface area contributed by atoms with E-state index in [1.807, 2.05) is 18.2 Å². The molecule has 272 valence electrons. The van der Waals surface area contributed by atoms with Gasteiger partial charge in [-0.3, -0.25) is 14.7 Å². The Bertz CT molecular complexity index is 2040. The number of benzene rings is 3. The fourth-order valence-electron chi connectivity index (χ4n) is 6.53. The van der Waals surface area contributed by atoms with E-state index in [1.54, 1.807) is 13.0 Å². The molecule has 16 heteroatoms. The lowest BCUT2D eigenvalue weighted by atomic mass is 9.89. The minimum Gasteiger partial charge on any atom is -0.406 e. The van der Waals surface area contributed by atoms with Gasteiger partial charge in [-0.25, -0.2) is 21.6 Å². The molecule has 3 aromatic rings. The van der Waals surface area contributed by atoms with E-state index in [9.17, 15) is 34.8 Å². The highest BCUT2D eigenvalue weighted by Crippen LogP contribution is 2.33. The third-order valence-corrected chi connectivity index (χ3v) is 12.4. The number of alkyl halides is 3. The molecule has 3 aliphatic rings. The lowest BCUT2D eigenvalue weighted by molar-refractivity contribution is -0.274. The Kier molecular flexibility index (Phi) is 10.4. The number of hydrogen-bond acceptors (Lipinski definition) is 8. The molecule has 2 N–H and O–H groups in total. The molecule has 6 rings (SSSR count). The highest BCUT2D eigenvalue weighted by Gasteiger charge is 2.47. The predicted molar refractivity (Wildman–Crippen MR) is 186 cm³/mol. The van der Waals surface area contributed by atoms with Gasteiger partial charge in [-0.15, -0.1) is 13.2 Å². The van der Waals surface area contributed by atoms with Crippen LogP contribution in [0.2, 0.25) is 0 Å². The second kappa shape index (κ2) is 14.5. The summed E-state index contributed by atoms with van der Waals surface area (Å²) in [6.45, 7) is 4.05. The molecular weight excluding hydrogens is 708 g/mol. The molecule has 0 unspecified atom stereocenters. The molecule has 0 atom stereocenters. The summed E-state index contributed by atoms with van der Waals surface area (Å²) >= 11 is 0. The third kappa shape index (κ3) is 8.87. The lowest BCUT2D eigenvalue weighted by Gasteiger charge is -2.34. The molecule has 11 nitrogen and oxygen atoms in total. The van der Waals surface area contributed by atoms with E-state index in [-0.39, 0.29) is 48.3 Å². The van der Waals surface area contributed by atoms with Gasteiger partial charge in [0.1, 0.15) is 17.1 Å². The number of ether oxygens (including phenoxy) is 1. The zero-order valence-electron chi connectivity index (χ0n) is 27.8. The van der Waals surface area contributed by atoms with Crippen LogP contribution in [0, 0.1) is 6.92 Å². The number of nitrogens with one attached hydrogen (secondary N) is 2. The van der Waals surface area contributed by atoms with Crippen molar-refractivity contribution in [2.45, 2.75) is 62.0 Å². The molecule has 0 bridgehead atoms. The van der Waals surface area contributed by atoms with Gasteiger partial charge in [0, 0.05) is 49.7 Å². The Balaban J connectivity index is 1.04. The summed E-state index contributed by atoms with van der Waals surface area (Å²) in [5.74, 6) is -0.829. The van der Waals surface area contributed by atoms with E-state index in [0.29, 0.717) is 24.0 Å². The number of aryl methyl sites for hydroxylation is 1. The summed E-state index contributed by atoms with van der Waals surface area (Å²) in [6.07, 6.45) is -1.95. The van der Waals surface area contributed by atoms with Crippen LogP contribution in [0.3, 0.4) is 0 Å². The van der Waals surface area contributed by atoms with Crippen molar-refractivity contribution in [2.24, 2.45) is 4.99 Å². The van der Waals surface area contributed by atoms with Crippen LogP contribution in [-0.2, 0) is 31.4 Å². The van der Waals surface area contributed by atoms with E-state index in [4.69, 9.17) is 0 Å². The summed E-state index contributed by atoms with van der Waals surface area (Å²) in [5.41, 5.74) is 1.30. The number of rotatable bonds is 10. The molecule has 0 saturated carbocycles. The van der Waals surface area contributed by atoms with E-state index in [1.165, 1.54) is 40.2 Å². The Hall–Kier alpha value is -4.09. The Morgan fingerprint density at radius 1 is 0.961 bits per heavy atom. The molecule has 51 heavy (non-hydrogen) atoms. The SMILES string of the molecule is Cc1cc(S(=O)(=O)NC2CCN(Cc3ccccc3)CC2)ccc1C=CS(=O)(=O)N1CCC2(CC1)N=C(c1cccc(OC(F)(F)F)c1)NC2=O. The topological polar surface area (TPSA) is 137 Å². The van der Waals surface area contributed by atoms with Crippen molar-refractivity contribution in [2.75, 3.05) is 26.2 Å². The van der Waals surface area contributed by atoms with Crippen LogP contribution in [0.1, 0.15) is 47.9 Å². The molecule has 0 aromatic heterocycles. The van der Waals surface area contributed by atoms with Crippen molar-refractivity contribution in [3.63, 3.8) is 0 Å². The van der Waals surface area contributed by atoms with Crippen LogP contribution in [-0.4, -0.2) is 81.9 Å². The Labute approximate surface area is 295 Å². The van der Waals surface area contributed by atoms with E-state index in [2.05, 4.69) is 36.8 Å². The average Bonchev–Trinajstić information content (AvgIpc) is 3.39. The van der Waals surface area contributed by atoms with Crippen molar-refractivity contribution in [1.82, 2.24) is 19.2 Å². The minimum absolute atomic E-state index is 0.0128. The maximum absolute atomic E-state index is 13.3. The van der Waals surface area contributed by atoms with E-state index >= 15 is 0 Å². The van der Waals surface area contributed by atoms with Gasteiger partial charge in [-0.05, 0) is 79.6 Å². The number of amides is 1. The van der Waals surface area contributed by atoms with Crippen molar-refractivity contribution in [3.8, 4) is 5.75 Å². The van der Waals surface area contributed by atoms with Crippen LogP contribution in [0.15, 0.2) is 88.1 Å². The number of piperidine rings is 2. The first-order valence-corrected chi connectivity index (χ1v) is 19.4. The molecule has 1 amide bonds. The number of likely N-dealkylation sites (tertiary alicyclic amines) is 1. The standard InChI is InChI=1S/C35H38F3N5O6S2/c1-25-22-31(51(47,48)41-29-12-17-42(18-13-29)24-26-6-3-2-4-7-26)11-10-27(25)14-21-50(45,46)43-19-15-34(16-20-43)33(44)39-32(40-34)28-8-5-9-30(23-28)49-35(36,37)38/h2-11,14,21-23,29,41H,12-13,15-20,24H2,1H3,(H,39,40,44). The average molecular weight is 746 g/mol. The Morgan fingerprint density at radius 3 is 2.33 bits per heavy atom. The first kappa shape index (κ1) is 36.7. The fraction of sp³-hybridized carbons (Fsp3) is 0.371. The van der Waals surface area contributed by atoms with Crippen LogP contribution in [0.4, 0.5) is 13.2 Å². The molecule has 2 saturated heterocycles. The second-order valence-corrected chi connectivity index (χ2v) is 16.5. The molecule has 0 radical (unpaired) electrons. The highest BCUT2D eigenvalue weighted by atomic mass is 32.2. The normalized spacial score (nSPS) is 19.4. The molecule has 3 aromatic carbocycles. The van der Waals surface area contributed by atoms with Crippen LogP contribution in [0.25, 0.3) is 6.08 Å². The first-order valence-electron chi connectivity index (χ1n) is 16.5. The van der Waals surface area contributed by atoms with Crippen molar-refractivity contribution in [3.05, 3.63) is 100 Å². The van der Waals surface area contributed by atoms with Crippen molar-refractivity contribution < 1.29 is 39.5 Å². The maximum Gasteiger partial charge on any atom is 0.573 e. The van der Waals surface area contributed by atoms with E-state index < -0.39 is 43.6 Å². The fourth-order valence-corrected chi connectivity index (χ4v) is 9.10. The predicted octanol–water partition coefficient (Wildman–Crippen LogP) is 4.55. The number of carbonyl (C=O) groups is 1. The van der Waals surface area contributed by atoms with Crippen LogP contribution < -0.4 is 14.8 Å². The minimum atomic E-state index is -4.88. The summed E-state index contributed by atoms with van der Waals surface area (Å²) in [5, 5.41) is 3.67. The third-order valence-electron chi connectivity index (χ3n) is 9.36.